The van der Waals surface area contributed by atoms with Gasteiger partial charge < -0.3 is 9.88 Å². The van der Waals surface area contributed by atoms with Crippen molar-refractivity contribution in [3.63, 3.8) is 0 Å². The maximum atomic E-state index is 12.6. The molecule has 3 rings (SSSR count). The number of H-pyrrole nitrogens is 1. The Morgan fingerprint density at radius 2 is 2.09 bits per heavy atom. The molecule has 0 saturated carbocycles. The number of pyridine rings is 1. The number of nitrogens with zero attached hydrogens (tertiary/aromatic N) is 2. The molecule has 2 aromatic heterocycles. The van der Waals surface area contributed by atoms with E-state index in [2.05, 4.69) is 21.8 Å². The van der Waals surface area contributed by atoms with Gasteiger partial charge in [0.1, 0.15) is 12.3 Å². The molecule has 0 aliphatic carbocycles. The molecule has 116 valence electrons. The van der Waals surface area contributed by atoms with E-state index in [1.54, 1.807) is 6.20 Å². The van der Waals surface area contributed by atoms with Crippen LogP contribution in [0.25, 0.3) is 11.0 Å². The minimum absolute atomic E-state index is 0.367. The average Bonchev–Trinajstić information content (AvgIpc) is 2.97. The number of aromatic nitrogens is 2. The summed E-state index contributed by atoms with van der Waals surface area (Å²) in [5.41, 5.74) is 4.69. The van der Waals surface area contributed by atoms with Gasteiger partial charge in [-0.05, 0) is 48.7 Å². The molecule has 1 aromatic carbocycles. The summed E-state index contributed by atoms with van der Waals surface area (Å²) in [7, 11) is 1.89. The minimum atomic E-state index is -0.367. The Kier molecular flexibility index (Phi) is 4.29. The molecule has 0 spiro atoms. The second-order valence-electron chi connectivity index (χ2n) is 5.49. The first kappa shape index (κ1) is 15.1. The highest BCUT2D eigenvalue weighted by atomic mass is 19.1. The number of alkyl halides is 1. The molecule has 3 nitrogen and oxygen atoms in total. The van der Waals surface area contributed by atoms with Gasteiger partial charge in [0.25, 0.3) is 0 Å². The normalized spacial score (nSPS) is 10.4. The van der Waals surface area contributed by atoms with Gasteiger partial charge >= 0.3 is 0 Å². The lowest BCUT2D eigenvalue weighted by Gasteiger charge is -2.20. The molecule has 0 aliphatic heterocycles. The fraction of sp³-hybridized carbons (Fsp3) is 0.211. The Bertz CT molecular complexity index is 853. The van der Waals surface area contributed by atoms with Crippen molar-refractivity contribution in [2.75, 3.05) is 25.2 Å². The highest BCUT2D eigenvalue weighted by molar-refractivity contribution is 5.77. The van der Waals surface area contributed by atoms with Crippen LogP contribution < -0.4 is 4.90 Å². The Labute approximate surface area is 135 Å². The zero-order valence-corrected chi connectivity index (χ0v) is 13.2. The quantitative estimate of drug-likeness (QED) is 0.749. The first-order valence-corrected chi connectivity index (χ1v) is 7.51. The van der Waals surface area contributed by atoms with Crippen molar-refractivity contribution in [1.82, 2.24) is 9.97 Å². The van der Waals surface area contributed by atoms with Gasteiger partial charge in [-0.1, -0.05) is 12.0 Å². The van der Waals surface area contributed by atoms with E-state index in [9.17, 15) is 4.39 Å². The van der Waals surface area contributed by atoms with Crippen molar-refractivity contribution in [3.05, 3.63) is 59.4 Å². The Morgan fingerprint density at radius 3 is 2.87 bits per heavy atom. The fourth-order valence-electron chi connectivity index (χ4n) is 2.51. The number of benzene rings is 1. The molecule has 3 aromatic rings. The van der Waals surface area contributed by atoms with E-state index in [4.69, 9.17) is 0 Å². The third kappa shape index (κ3) is 3.35. The van der Waals surface area contributed by atoms with Crippen molar-refractivity contribution in [2.24, 2.45) is 0 Å². The molecule has 1 N–H and O–H groups in total. The Morgan fingerprint density at radius 1 is 1.22 bits per heavy atom. The molecule has 0 unspecified atom stereocenters. The number of fused-ring (bicyclic) bond motifs is 1. The van der Waals surface area contributed by atoms with Crippen molar-refractivity contribution < 1.29 is 4.39 Å². The summed E-state index contributed by atoms with van der Waals surface area (Å²) in [5.74, 6) is 6.29. The number of halogens is 1. The van der Waals surface area contributed by atoms with E-state index in [-0.39, 0.29) is 6.67 Å². The summed E-state index contributed by atoms with van der Waals surface area (Å²) >= 11 is 0. The summed E-state index contributed by atoms with van der Waals surface area (Å²) in [6.07, 6.45) is 1.75. The van der Waals surface area contributed by atoms with Gasteiger partial charge in [0.2, 0.25) is 0 Å². The van der Waals surface area contributed by atoms with Crippen molar-refractivity contribution in [3.8, 4) is 11.8 Å². The van der Waals surface area contributed by atoms with E-state index in [0.717, 1.165) is 33.5 Å². The topological polar surface area (TPSA) is 31.9 Å². The molecular formula is C19H18FN3. The number of anilines is 1. The third-order valence-corrected chi connectivity index (χ3v) is 3.77. The van der Waals surface area contributed by atoms with E-state index in [1.807, 2.05) is 55.3 Å². The first-order chi connectivity index (χ1) is 11.2. The molecule has 0 atom stereocenters. The van der Waals surface area contributed by atoms with Gasteiger partial charge in [0.15, 0.2) is 0 Å². The average molecular weight is 307 g/mol. The summed E-state index contributed by atoms with van der Waals surface area (Å²) in [6, 6.07) is 11.9. The van der Waals surface area contributed by atoms with Crippen molar-refractivity contribution in [1.29, 1.82) is 0 Å². The van der Waals surface area contributed by atoms with Crippen LogP contribution in [0.2, 0.25) is 0 Å². The smallest absolute Gasteiger partial charge is 0.138 e. The molecule has 2 heterocycles. The lowest BCUT2D eigenvalue weighted by atomic mass is 10.1. The maximum absolute atomic E-state index is 12.6. The molecule has 0 fully saturated rings. The number of aromatic amines is 1. The zero-order valence-electron chi connectivity index (χ0n) is 13.2. The largest absolute Gasteiger partial charge is 0.372 e. The van der Waals surface area contributed by atoms with Crippen LogP contribution in [-0.2, 0) is 0 Å². The van der Waals surface area contributed by atoms with Gasteiger partial charge in [-0.2, -0.15) is 0 Å². The third-order valence-electron chi connectivity index (χ3n) is 3.77. The van der Waals surface area contributed by atoms with E-state index in [0.29, 0.717) is 6.54 Å². The first-order valence-electron chi connectivity index (χ1n) is 7.51. The standard InChI is InChI=1S/C19H18FN3/c1-14-5-6-15(12-18(14)23(2)11-9-20)7-8-17-13-16-4-3-10-21-19(16)22-17/h3-6,10,12-13H,9,11H2,1-2H3,(H,21,22). The number of hydrogen-bond donors (Lipinski definition) is 1. The number of rotatable bonds is 3. The highest BCUT2D eigenvalue weighted by Gasteiger charge is 2.05. The van der Waals surface area contributed by atoms with Crippen LogP contribution in [0.5, 0.6) is 0 Å². The summed E-state index contributed by atoms with van der Waals surface area (Å²) < 4.78 is 12.6. The van der Waals surface area contributed by atoms with Crippen LogP contribution in [0.1, 0.15) is 16.8 Å². The predicted octanol–water partition coefficient (Wildman–Crippen LogP) is 3.68. The predicted molar refractivity (Wildman–Crippen MR) is 92.5 cm³/mol. The molecule has 23 heavy (non-hydrogen) atoms. The molecule has 0 aliphatic rings. The van der Waals surface area contributed by atoms with Crippen molar-refractivity contribution >= 4 is 16.7 Å². The SMILES string of the molecule is Cc1ccc(C#Cc2cc3cccnc3[nH]2)cc1N(C)CCF. The summed E-state index contributed by atoms with van der Waals surface area (Å²) in [5, 5.41) is 1.05. The molecule has 4 heteroatoms. The van der Waals surface area contributed by atoms with Crippen LogP contribution in [0.15, 0.2) is 42.6 Å². The van der Waals surface area contributed by atoms with Crippen LogP contribution in [0.3, 0.4) is 0 Å². The lowest BCUT2D eigenvalue weighted by molar-refractivity contribution is 0.497. The van der Waals surface area contributed by atoms with Gasteiger partial charge in [-0.25, -0.2) is 9.37 Å². The van der Waals surface area contributed by atoms with E-state index < -0.39 is 0 Å². The van der Waals surface area contributed by atoms with E-state index >= 15 is 0 Å². The van der Waals surface area contributed by atoms with Crippen LogP contribution in [0.4, 0.5) is 10.1 Å². The van der Waals surface area contributed by atoms with Gasteiger partial charge in [0, 0.05) is 36.4 Å². The molecule has 0 amide bonds. The van der Waals surface area contributed by atoms with Gasteiger partial charge in [-0.15, -0.1) is 0 Å². The molecule has 0 radical (unpaired) electrons. The second kappa shape index (κ2) is 6.53. The Balaban J connectivity index is 1.90. The monoisotopic (exact) mass is 307 g/mol. The zero-order chi connectivity index (χ0) is 16.2. The van der Waals surface area contributed by atoms with Gasteiger partial charge in [0.05, 0.1) is 5.69 Å². The van der Waals surface area contributed by atoms with Crippen molar-refractivity contribution in [2.45, 2.75) is 6.92 Å². The fourth-order valence-corrected chi connectivity index (χ4v) is 2.51. The summed E-state index contributed by atoms with van der Waals surface area (Å²) in [4.78, 5) is 9.36. The Hall–Kier alpha value is -2.80. The van der Waals surface area contributed by atoms with E-state index in [1.165, 1.54) is 0 Å². The lowest BCUT2D eigenvalue weighted by Crippen LogP contribution is -2.20. The van der Waals surface area contributed by atoms with Gasteiger partial charge in [-0.3, -0.25) is 0 Å². The van der Waals surface area contributed by atoms with Crippen LogP contribution >= 0.6 is 0 Å². The molecule has 0 saturated heterocycles. The summed E-state index contributed by atoms with van der Waals surface area (Å²) in [6.45, 7) is 2.03. The van der Waals surface area contributed by atoms with Crippen LogP contribution in [0, 0.1) is 18.8 Å². The number of hydrogen-bond acceptors (Lipinski definition) is 2. The molecular weight excluding hydrogens is 289 g/mol. The highest BCUT2D eigenvalue weighted by Crippen LogP contribution is 2.20. The second-order valence-corrected chi connectivity index (χ2v) is 5.49. The number of aryl methyl sites for hydroxylation is 1. The molecule has 0 bridgehead atoms. The maximum Gasteiger partial charge on any atom is 0.138 e. The minimum Gasteiger partial charge on any atom is -0.372 e. The number of nitrogens with one attached hydrogen (secondary N) is 1. The van der Waals surface area contributed by atoms with Crippen LogP contribution in [-0.4, -0.2) is 30.2 Å².